The fraction of sp³-hybridized carbons (Fsp3) is 0.360. The Morgan fingerprint density at radius 1 is 1.15 bits per heavy atom. The zero-order valence-electron chi connectivity index (χ0n) is 19.0. The molecular formula is C25H30ClN3O4. The second-order valence-electron chi connectivity index (χ2n) is 8.03. The maximum atomic E-state index is 12.3. The Kier molecular flexibility index (Phi) is 8.74. The van der Waals surface area contributed by atoms with Crippen LogP contribution < -0.4 is 20.5 Å². The standard InChI is InChI=1S/C25H30ClN3O4/c1-32-22-16-18(15-21(26)24(22)33-2)5-8-23(30)28-20-6-3-17(4-7-20)9-12-29-13-10-19(11-14-29)25(27)31/h3-8,15-16,19H,9-14H2,1-2H3,(H2,27,31)(H,28,30)/b8-5+. The Morgan fingerprint density at radius 3 is 2.45 bits per heavy atom. The van der Waals surface area contributed by atoms with Crippen LogP contribution in [-0.2, 0) is 16.0 Å². The van der Waals surface area contributed by atoms with Gasteiger partial charge in [-0.1, -0.05) is 23.7 Å². The Bertz CT molecular complexity index is 999. The van der Waals surface area contributed by atoms with Gasteiger partial charge in [-0.25, -0.2) is 0 Å². The molecule has 7 nitrogen and oxygen atoms in total. The minimum atomic E-state index is -0.244. The van der Waals surface area contributed by atoms with Crippen LogP contribution in [0.25, 0.3) is 6.08 Å². The third-order valence-corrected chi connectivity index (χ3v) is 6.09. The third kappa shape index (κ3) is 6.97. The number of nitrogens with two attached hydrogens (primary N) is 1. The minimum Gasteiger partial charge on any atom is -0.493 e. The SMILES string of the molecule is COc1cc(/C=C/C(=O)Nc2ccc(CCN3CCC(C(N)=O)CC3)cc2)cc(Cl)c1OC. The van der Waals surface area contributed by atoms with Crippen LogP contribution in [0.2, 0.25) is 5.02 Å². The topological polar surface area (TPSA) is 93.9 Å². The molecule has 0 aliphatic carbocycles. The number of amides is 2. The van der Waals surface area contributed by atoms with Crippen molar-refractivity contribution >= 4 is 35.2 Å². The van der Waals surface area contributed by atoms with Crippen molar-refractivity contribution < 1.29 is 19.1 Å². The molecule has 2 aromatic rings. The van der Waals surface area contributed by atoms with Crippen molar-refractivity contribution in [2.45, 2.75) is 19.3 Å². The predicted octanol–water partition coefficient (Wildman–Crippen LogP) is 3.75. The molecule has 0 aromatic heterocycles. The summed E-state index contributed by atoms with van der Waals surface area (Å²) >= 11 is 6.21. The van der Waals surface area contributed by atoms with Crippen molar-refractivity contribution in [2.75, 3.05) is 39.2 Å². The van der Waals surface area contributed by atoms with Crippen molar-refractivity contribution in [3.63, 3.8) is 0 Å². The normalized spacial score (nSPS) is 14.9. The van der Waals surface area contributed by atoms with Gasteiger partial charge in [0.1, 0.15) is 0 Å². The van der Waals surface area contributed by atoms with Crippen LogP contribution in [0.1, 0.15) is 24.0 Å². The van der Waals surface area contributed by atoms with Gasteiger partial charge < -0.3 is 25.4 Å². The highest BCUT2D eigenvalue weighted by atomic mass is 35.5. The number of hydrogen-bond acceptors (Lipinski definition) is 5. The van der Waals surface area contributed by atoms with E-state index in [9.17, 15) is 9.59 Å². The number of piperidine rings is 1. The highest BCUT2D eigenvalue weighted by Crippen LogP contribution is 2.36. The number of rotatable bonds is 9. The Morgan fingerprint density at radius 2 is 1.85 bits per heavy atom. The number of methoxy groups -OCH3 is 2. The van der Waals surface area contributed by atoms with Crippen molar-refractivity contribution in [3.05, 3.63) is 58.6 Å². The van der Waals surface area contributed by atoms with Crippen LogP contribution in [0.15, 0.2) is 42.5 Å². The van der Waals surface area contributed by atoms with Crippen LogP contribution in [0.5, 0.6) is 11.5 Å². The summed E-state index contributed by atoms with van der Waals surface area (Å²) in [6.45, 7) is 2.74. The number of likely N-dealkylation sites (tertiary alicyclic amines) is 1. The molecule has 176 valence electrons. The Hall–Kier alpha value is -3.03. The smallest absolute Gasteiger partial charge is 0.248 e. The first-order chi connectivity index (χ1) is 15.9. The van der Waals surface area contributed by atoms with E-state index >= 15 is 0 Å². The van der Waals surface area contributed by atoms with Gasteiger partial charge in [0, 0.05) is 24.2 Å². The molecule has 0 bridgehead atoms. The van der Waals surface area contributed by atoms with Gasteiger partial charge in [0.05, 0.1) is 19.2 Å². The number of primary amides is 1. The number of nitrogens with zero attached hydrogens (tertiary/aromatic N) is 1. The van der Waals surface area contributed by atoms with Crippen molar-refractivity contribution in [1.82, 2.24) is 4.90 Å². The molecule has 2 aromatic carbocycles. The van der Waals surface area contributed by atoms with E-state index in [-0.39, 0.29) is 17.7 Å². The van der Waals surface area contributed by atoms with E-state index in [0.29, 0.717) is 16.5 Å². The Balaban J connectivity index is 1.49. The molecule has 1 saturated heterocycles. The van der Waals surface area contributed by atoms with Gasteiger partial charge in [0.25, 0.3) is 0 Å². The van der Waals surface area contributed by atoms with E-state index in [1.165, 1.54) is 25.9 Å². The zero-order chi connectivity index (χ0) is 23.8. The molecule has 2 amide bonds. The summed E-state index contributed by atoms with van der Waals surface area (Å²) in [6, 6.07) is 11.3. The molecule has 0 radical (unpaired) electrons. The summed E-state index contributed by atoms with van der Waals surface area (Å²) in [5.74, 6) is 0.538. The van der Waals surface area contributed by atoms with E-state index in [2.05, 4.69) is 10.2 Å². The lowest BCUT2D eigenvalue weighted by molar-refractivity contribution is -0.123. The number of hydrogen-bond donors (Lipinski definition) is 2. The molecule has 3 rings (SSSR count). The van der Waals surface area contributed by atoms with Crippen LogP contribution in [0.3, 0.4) is 0 Å². The molecule has 3 N–H and O–H groups in total. The molecule has 0 saturated carbocycles. The number of carbonyl (C=O) groups is 2. The highest BCUT2D eigenvalue weighted by molar-refractivity contribution is 6.32. The summed E-state index contributed by atoms with van der Waals surface area (Å²) in [5.41, 5.74) is 8.04. The van der Waals surface area contributed by atoms with Gasteiger partial charge in [0.2, 0.25) is 11.8 Å². The van der Waals surface area contributed by atoms with Crippen LogP contribution in [0.4, 0.5) is 5.69 Å². The first-order valence-electron chi connectivity index (χ1n) is 10.9. The summed E-state index contributed by atoms with van der Waals surface area (Å²) < 4.78 is 10.5. The summed E-state index contributed by atoms with van der Waals surface area (Å²) in [5, 5.41) is 3.26. The van der Waals surface area contributed by atoms with Crippen LogP contribution >= 0.6 is 11.6 Å². The maximum absolute atomic E-state index is 12.3. The number of carbonyl (C=O) groups excluding carboxylic acids is 2. The Labute approximate surface area is 199 Å². The zero-order valence-corrected chi connectivity index (χ0v) is 19.7. The van der Waals surface area contributed by atoms with Crippen molar-refractivity contribution in [2.24, 2.45) is 11.7 Å². The lowest BCUT2D eigenvalue weighted by Gasteiger charge is -2.30. The molecule has 0 atom stereocenters. The fourth-order valence-corrected chi connectivity index (χ4v) is 4.17. The monoisotopic (exact) mass is 471 g/mol. The van der Waals surface area contributed by atoms with E-state index in [1.54, 1.807) is 18.2 Å². The summed E-state index contributed by atoms with van der Waals surface area (Å²) in [6.07, 6.45) is 5.70. The lowest BCUT2D eigenvalue weighted by Crippen LogP contribution is -2.39. The van der Waals surface area contributed by atoms with Gasteiger partial charge in [0.15, 0.2) is 11.5 Å². The molecular weight excluding hydrogens is 442 g/mol. The minimum absolute atomic E-state index is 0.0157. The average molecular weight is 472 g/mol. The predicted molar refractivity (Wildman–Crippen MR) is 131 cm³/mol. The molecule has 33 heavy (non-hydrogen) atoms. The number of halogens is 1. The summed E-state index contributed by atoms with van der Waals surface area (Å²) in [4.78, 5) is 26.0. The van der Waals surface area contributed by atoms with Crippen molar-refractivity contribution in [3.8, 4) is 11.5 Å². The molecule has 8 heteroatoms. The lowest BCUT2D eigenvalue weighted by atomic mass is 9.96. The van der Waals surface area contributed by atoms with Gasteiger partial charge in [-0.3, -0.25) is 9.59 Å². The van der Waals surface area contributed by atoms with Gasteiger partial charge in [-0.05, 0) is 73.8 Å². The van der Waals surface area contributed by atoms with Crippen LogP contribution in [0, 0.1) is 5.92 Å². The molecule has 1 fully saturated rings. The fourth-order valence-electron chi connectivity index (χ4n) is 3.87. The highest BCUT2D eigenvalue weighted by Gasteiger charge is 2.22. The number of anilines is 1. The second-order valence-corrected chi connectivity index (χ2v) is 8.43. The van der Waals surface area contributed by atoms with E-state index in [4.69, 9.17) is 26.8 Å². The quantitative estimate of drug-likeness (QED) is 0.543. The van der Waals surface area contributed by atoms with Gasteiger partial charge in [-0.15, -0.1) is 0 Å². The first kappa shape index (κ1) is 24.6. The van der Waals surface area contributed by atoms with Crippen molar-refractivity contribution in [1.29, 1.82) is 0 Å². The molecule has 1 aliphatic heterocycles. The van der Waals surface area contributed by atoms with Gasteiger partial charge >= 0.3 is 0 Å². The molecule has 1 heterocycles. The molecule has 0 unspecified atom stereocenters. The van der Waals surface area contributed by atoms with E-state index in [0.717, 1.165) is 50.1 Å². The second kappa shape index (κ2) is 11.7. The number of benzene rings is 2. The van der Waals surface area contributed by atoms with Gasteiger partial charge in [-0.2, -0.15) is 0 Å². The number of ether oxygens (including phenoxy) is 2. The van der Waals surface area contributed by atoms with Crippen LogP contribution in [-0.4, -0.2) is 50.6 Å². The molecule has 1 aliphatic rings. The largest absolute Gasteiger partial charge is 0.493 e. The van der Waals surface area contributed by atoms with E-state index < -0.39 is 0 Å². The first-order valence-corrected chi connectivity index (χ1v) is 11.3. The van der Waals surface area contributed by atoms with E-state index in [1.807, 2.05) is 24.3 Å². The number of nitrogens with one attached hydrogen (secondary N) is 1. The average Bonchev–Trinajstić information content (AvgIpc) is 2.82. The maximum Gasteiger partial charge on any atom is 0.248 e. The summed E-state index contributed by atoms with van der Waals surface area (Å²) in [7, 11) is 3.05. The third-order valence-electron chi connectivity index (χ3n) is 5.81. The molecule has 0 spiro atoms.